The molecule has 0 aromatic heterocycles. The summed E-state index contributed by atoms with van der Waals surface area (Å²) in [4.78, 5) is 37.2. The Labute approximate surface area is 209 Å². The summed E-state index contributed by atoms with van der Waals surface area (Å²) in [5, 5.41) is 11.9. The number of carbonyl (C=O) groups excluding carboxylic acids is 2. The van der Waals surface area contributed by atoms with Crippen LogP contribution in [0.1, 0.15) is 35.7 Å². The van der Waals surface area contributed by atoms with E-state index in [0.29, 0.717) is 23.9 Å². The first-order valence-electron chi connectivity index (χ1n) is 11.8. The van der Waals surface area contributed by atoms with Crippen LogP contribution >= 0.6 is 0 Å². The second-order valence-electron chi connectivity index (χ2n) is 8.61. The molecule has 1 saturated heterocycles. The molecule has 1 heterocycles. The second kappa shape index (κ2) is 11.4. The van der Waals surface area contributed by atoms with Crippen molar-refractivity contribution < 1.29 is 29.0 Å². The average Bonchev–Trinajstić information content (AvgIpc) is 3.34. The van der Waals surface area contributed by atoms with Crippen LogP contribution in [-0.4, -0.2) is 47.0 Å². The number of anilines is 1. The molecule has 1 aliphatic rings. The summed E-state index contributed by atoms with van der Waals surface area (Å²) in [6.45, 7) is 2.85. The largest absolute Gasteiger partial charge is 0.491 e. The van der Waals surface area contributed by atoms with E-state index < -0.39 is 5.97 Å². The molecule has 186 valence electrons. The molecule has 0 aliphatic carbocycles. The quantitative estimate of drug-likeness (QED) is 0.450. The van der Waals surface area contributed by atoms with Crippen LogP contribution in [-0.2, 0) is 16.0 Å². The smallest absolute Gasteiger partial charge is 0.337 e. The summed E-state index contributed by atoms with van der Waals surface area (Å²) in [6.07, 6.45) is 2.05. The van der Waals surface area contributed by atoms with E-state index in [1.807, 2.05) is 29.2 Å². The van der Waals surface area contributed by atoms with Gasteiger partial charge in [0.1, 0.15) is 23.9 Å². The molecule has 2 N–H and O–H groups in total. The van der Waals surface area contributed by atoms with Crippen molar-refractivity contribution >= 4 is 23.5 Å². The van der Waals surface area contributed by atoms with Crippen molar-refractivity contribution in [3.8, 4) is 17.2 Å². The first kappa shape index (κ1) is 24.8. The van der Waals surface area contributed by atoms with Gasteiger partial charge in [-0.1, -0.05) is 24.3 Å². The fraction of sp³-hybridized carbons (Fsp3) is 0.250. The number of carboxylic acids is 1. The lowest BCUT2D eigenvalue weighted by molar-refractivity contribution is -0.130. The van der Waals surface area contributed by atoms with Gasteiger partial charge >= 0.3 is 5.97 Å². The first-order chi connectivity index (χ1) is 17.4. The minimum Gasteiger partial charge on any atom is -0.491 e. The number of hydrogen-bond donors (Lipinski definition) is 2. The molecule has 8 nitrogen and oxygen atoms in total. The Balaban J connectivity index is 1.27. The topological polar surface area (TPSA) is 105 Å². The monoisotopic (exact) mass is 488 g/mol. The van der Waals surface area contributed by atoms with Crippen LogP contribution in [0, 0.1) is 0 Å². The normalized spacial score (nSPS) is 14.8. The van der Waals surface area contributed by atoms with Crippen molar-refractivity contribution in [2.75, 3.05) is 18.5 Å². The molecular formula is C28H28N2O6. The van der Waals surface area contributed by atoms with Crippen molar-refractivity contribution in [3.63, 3.8) is 0 Å². The number of benzene rings is 3. The van der Waals surface area contributed by atoms with E-state index in [1.54, 1.807) is 49.4 Å². The van der Waals surface area contributed by atoms with E-state index in [-0.39, 0.29) is 35.5 Å². The van der Waals surface area contributed by atoms with Crippen LogP contribution < -0.4 is 14.8 Å². The maximum Gasteiger partial charge on any atom is 0.337 e. The van der Waals surface area contributed by atoms with E-state index in [1.165, 1.54) is 6.07 Å². The van der Waals surface area contributed by atoms with Crippen LogP contribution in [0.2, 0.25) is 0 Å². The van der Waals surface area contributed by atoms with Gasteiger partial charge in [0.2, 0.25) is 11.8 Å². The van der Waals surface area contributed by atoms with Crippen LogP contribution in [0.4, 0.5) is 5.69 Å². The van der Waals surface area contributed by atoms with Gasteiger partial charge in [0, 0.05) is 13.5 Å². The molecule has 1 fully saturated rings. The summed E-state index contributed by atoms with van der Waals surface area (Å²) in [5.74, 6) is 0.650. The second-order valence-corrected chi connectivity index (χ2v) is 8.61. The number of nitrogens with zero attached hydrogens (tertiary/aromatic N) is 1. The molecule has 36 heavy (non-hydrogen) atoms. The molecule has 8 heteroatoms. The molecule has 4 rings (SSSR count). The fourth-order valence-electron chi connectivity index (χ4n) is 4.19. The minimum atomic E-state index is -1.10. The number of nitrogens with one attached hydrogen (secondary N) is 1. The van der Waals surface area contributed by atoms with Gasteiger partial charge in [-0.2, -0.15) is 0 Å². The Morgan fingerprint density at radius 3 is 2.25 bits per heavy atom. The highest BCUT2D eigenvalue weighted by Crippen LogP contribution is 2.25. The Kier molecular flexibility index (Phi) is 7.85. The van der Waals surface area contributed by atoms with Gasteiger partial charge in [-0.15, -0.1) is 0 Å². The Bertz CT molecular complexity index is 1220. The van der Waals surface area contributed by atoms with Crippen molar-refractivity contribution in [3.05, 3.63) is 83.9 Å². The third-order valence-corrected chi connectivity index (χ3v) is 6.00. The van der Waals surface area contributed by atoms with E-state index in [2.05, 4.69) is 5.32 Å². The van der Waals surface area contributed by atoms with Gasteiger partial charge < -0.3 is 24.8 Å². The molecule has 3 aromatic carbocycles. The van der Waals surface area contributed by atoms with Gasteiger partial charge in [0.05, 0.1) is 23.7 Å². The van der Waals surface area contributed by atoms with Crippen LogP contribution in [0.3, 0.4) is 0 Å². The zero-order valence-corrected chi connectivity index (χ0v) is 20.0. The minimum absolute atomic E-state index is 0.0441. The zero-order chi connectivity index (χ0) is 25.5. The highest BCUT2D eigenvalue weighted by Gasteiger charge is 2.26. The zero-order valence-electron chi connectivity index (χ0n) is 20.0. The van der Waals surface area contributed by atoms with Crippen LogP contribution in [0.5, 0.6) is 17.2 Å². The molecule has 0 unspecified atom stereocenters. The summed E-state index contributed by atoms with van der Waals surface area (Å²) in [5.41, 5.74) is 1.08. The number of amides is 2. The van der Waals surface area contributed by atoms with Gasteiger partial charge in [0.15, 0.2) is 0 Å². The van der Waals surface area contributed by atoms with Gasteiger partial charge in [-0.3, -0.25) is 9.59 Å². The molecule has 3 aromatic rings. The first-order valence-corrected chi connectivity index (χ1v) is 11.8. The Morgan fingerprint density at radius 2 is 1.58 bits per heavy atom. The van der Waals surface area contributed by atoms with E-state index in [9.17, 15) is 19.5 Å². The lowest BCUT2D eigenvalue weighted by Crippen LogP contribution is -2.37. The SMILES string of the molecule is CC(=O)N1CCC[C@@H]1COc1ccc(Oc2ccc(CC(=O)Nc3ccccc3C(=O)O)cc2)cc1. The lowest BCUT2D eigenvalue weighted by Gasteiger charge is -2.23. The van der Waals surface area contributed by atoms with Crippen molar-refractivity contribution in [2.24, 2.45) is 0 Å². The number of para-hydroxylation sites is 1. The number of ether oxygens (including phenoxy) is 2. The van der Waals surface area contributed by atoms with Crippen molar-refractivity contribution in [1.82, 2.24) is 4.90 Å². The van der Waals surface area contributed by atoms with Gasteiger partial charge in [0.25, 0.3) is 0 Å². The van der Waals surface area contributed by atoms with E-state index >= 15 is 0 Å². The molecule has 0 saturated carbocycles. The maximum atomic E-state index is 12.4. The van der Waals surface area contributed by atoms with Gasteiger partial charge in [-0.05, 0) is 66.9 Å². The Hall–Kier alpha value is -4.33. The third-order valence-electron chi connectivity index (χ3n) is 6.00. The summed E-state index contributed by atoms with van der Waals surface area (Å²) < 4.78 is 11.8. The molecule has 0 spiro atoms. The summed E-state index contributed by atoms with van der Waals surface area (Å²) in [7, 11) is 0. The average molecular weight is 489 g/mol. The Morgan fingerprint density at radius 1 is 0.944 bits per heavy atom. The highest BCUT2D eigenvalue weighted by molar-refractivity contribution is 6.01. The number of aromatic carboxylic acids is 1. The highest BCUT2D eigenvalue weighted by atomic mass is 16.5. The molecule has 2 amide bonds. The van der Waals surface area contributed by atoms with Crippen LogP contribution in [0.25, 0.3) is 0 Å². The molecule has 1 atom stereocenters. The van der Waals surface area contributed by atoms with E-state index in [4.69, 9.17) is 9.47 Å². The molecule has 0 radical (unpaired) electrons. The summed E-state index contributed by atoms with van der Waals surface area (Å²) >= 11 is 0. The number of carbonyl (C=O) groups is 3. The third kappa shape index (κ3) is 6.41. The molecule has 0 bridgehead atoms. The number of hydrogen-bond acceptors (Lipinski definition) is 5. The molecule has 1 aliphatic heterocycles. The van der Waals surface area contributed by atoms with Crippen LogP contribution in [0.15, 0.2) is 72.8 Å². The molecular weight excluding hydrogens is 460 g/mol. The van der Waals surface area contributed by atoms with Gasteiger partial charge in [-0.25, -0.2) is 4.79 Å². The lowest BCUT2D eigenvalue weighted by atomic mass is 10.1. The van der Waals surface area contributed by atoms with Crippen molar-refractivity contribution in [1.29, 1.82) is 0 Å². The number of carboxylic acid groups (broad SMARTS) is 1. The summed E-state index contributed by atoms with van der Waals surface area (Å²) in [6, 6.07) is 20.8. The number of rotatable bonds is 9. The predicted molar refractivity (Wildman–Crippen MR) is 135 cm³/mol. The van der Waals surface area contributed by atoms with E-state index in [0.717, 1.165) is 24.9 Å². The number of likely N-dealkylation sites (tertiary alicyclic amines) is 1. The maximum absolute atomic E-state index is 12.4. The fourth-order valence-corrected chi connectivity index (χ4v) is 4.19. The van der Waals surface area contributed by atoms with Crippen molar-refractivity contribution in [2.45, 2.75) is 32.2 Å². The predicted octanol–water partition coefficient (Wildman–Crippen LogP) is 4.75. The standard InChI is InChI=1S/C28H28N2O6/c1-19(31)30-16-4-5-21(30)18-35-22-12-14-24(15-13-22)36-23-10-8-20(9-11-23)17-27(32)29-26-7-3-2-6-25(26)28(33)34/h2-3,6-15,21H,4-5,16-18H2,1H3,(H,29,32)(H,33,34)/t21-/m1/s1.